The van der Waals surface area contributed by atoms with Crippen molar-refractivity contribution < 1.29 is 9.47 Å². The van der Waals surface area contributed by atoms with Gasteiger partial charge in [0.25, 0.3) is 5.56 Å². The first-order valence-electron chi connectivity index (χ1n) is 13.8. The van der Waals surface area contributed by atoms with Gasteiger partial charge in [-0.15, -0.1) is 0 Å². The van der Waals surface area contributed by atoms with Crippen LogP contribution in [0.4, 0.5) is 0 Å². The Morgan fingerprint density at radius 1 is 0.949 bits per heavy atom. The maximum atomic E-state index is 13.6. The molecule has 6 nitrogen and oxygen atoms in total. The average Bonchev–Trinajstić information content (AvgIpc) is 2.98. The SMILES string of the molecule is COc1cccc2c(=O)n(CCCC3CCN(CCc4ccccc4)CC3)c(COc3ccc(Cl)cc3)nc12. The second-order valence-corrected chi connectivity index (χ2v) is 10.7. The molecule has 0 radical (unpaired) electrons. The Balaban J connectivity index is 1.22. The topological polar surface area (TPSA) is 56.6 Å². The van der Waals surface area contributed by atoms with Gasteiger partial charge in [0.1, 0.15) is 29.4 Å². The number of methoxy groups -OCH3 is 1. The fourth-order valence-electron chi connectivity index (χ4n) is 5.42. The average molecular weight is 546 g/mol. The number of aromatic nitrogens is 2. The second-order valence-electron chi connectivity index (χ2n) is 10.2. The van der Waals surface area contributed by atoms with Crippen molar-refractivity contribution in [3.05, 3.63) is 99.6 Å². The molecule has 0 aliphatic carbocycles. The number of fused-ring (bicyclic) bond motifs is 1. The van der Waals surface area contributed by atoms with Gasteiger partial charge >= 0.3 is 0 Å². The Kier molecular flexibility index (Phi) is 9.17. The minimum absolute atomic E-state index is 0.0515. The van der Waals surface area contributed by atoms with Gasteiger partial charge in [0.15, 0.2) is 0 Å². The Bertz CT molecular complexity index is 1410. The molecular formula is C32H36ClN3O3. The lowest BCUT2D eigenvalue weighted by Crippen LogP contribution is -2.35. The van der Waals surface area contributed by atoms with E-state index in [1.165, 1.54) is 18.4 Å². The third kappa shape index (κ3) is 7.00. The molecule has 0 spiro atoms. The first kappa shape index (κ1) is 27.2. The zero-order chi connectivity index (χ0) is 27.0. The monoisotopic (exact) mass is 545 g/mol. The number of rotatable bonds is 11. The van der Waals surface area contributed by atoms with Gasteiger partial charge in [-0.3, -0.25) is 9.36 Å². The van der Waals surface area contributed by atoms with Crippen molar-refractivity contribution in [3.8, 4) is 11.5 Å². The first-order valence-corrected chi connectivity index (χ1v) is 14.2. The maximum Gasteiger partial charge on any atom is 0.261 e. The molecule has 1 aliphatic rings. The maximum absolute atomic E-state index is 13.6. The number of piperidine rings is 1. The molecule has 5 rings (SSSR count). The summed E-state index contributed by atoms with van der Waals surface area (Å²) in [6, 6.07) is 23.4. The van der Waals surface area contributed by atoms with Crippen molar-refractivity contribution in [2.24, 2.45) is 5.92 Å². The molecule has 39 heavy (non-hydrogen) atoms. The largest absolute Gasteiger partial charge is 0.494 e. The van der Waals surface area contributed by atoms with Crippen LogP contribution in [0.1, 0.15) is 37.1 Å². The Morgan fingerprint density at radius 3 is 2.46 bits per heavy atom. The number of nitrogens with zero attached hydrogens (tertiary/aromatic N) is 3. The van der Waals surface area contributed by atoms with Crippen molar-refractivity contribution in [1.29, 1.82) is 0 Å². The number of para-hydroxylation sites is 1. The fourth-order valence-corrected chi connectivity index (χ4v) is 5.54. The predicted octanol–water partition coefficient (Wildman–Crippen LogP) is 6.37. The summed E-state index contributed by atoms with van der Waals surface area (Å²) < 4.78 is 13.3. The summed E-state index contributed by atoms with van der Waals surface area (Å²) in [4.78, 5) is 21.0. The summed E-state index contributed by atoms with van der Waals surface area (Å²) in [6.45, 7) is 4.22. The smallest absolute Gasteiger partial charge is 0.261 e. The summed E-state index contributed by atoms with van der Waals surface area (Å²) in [6.07, 6.45) is 5.56. The van der Waals surface area contributed by atoms with Gasteiger partial charge in [0.2, 0.25) is 0 Å². The summed E-state index contributed by atoms with van der Waals surface area (Å²) in [5.41, 5.74) is 1.92. The Hall–Kier alpha value is -3.35. The summed E-state index contributed by atoms with van der Waals surface area (Å²) in [7, 11) is 1.60. The molecule has 4 aromatic rings. The van der Waals surface area contributed by atoms with Crippen LogP contribution in [0.3, 0.4) is 0 Å². The highest BCUT2D eigenvalue weighted by Crippen LogP contribution is 2.25. The van der Waals surface area contributed by atoms with E-state index in [1.54, 1.807) is 23.8 Å². The number of likely N-dealkylation sites (tertiary alicyclic amines) is 1. The Morgan fingerprint density at radius 2 is 1.72 bits per heavy atom. The number of ether oxygens (including phenoxy) is 2. The predicted molar refractivity (Wildman–Crippen MR) is 157 cm³/mol. The summed E-state index contributed by atoms with van der Waals surface area (Å²) in [5.74, 6) is 2.56. The highest BCUT2D eigenvalue weighted by Gasteiger charge is 2.20. The van der Waals surface area contributed by atoms with Gasteiger partial charge in [-0.25, -0.2) is 4.98 Å². The number of hydrogen-bond donors (Lipinski definition) is 0. The van der Waals surface area contributed by atoms with Crippen LogP contribution in [0.5, 0.6) is 11.5 Å². The summed E-state index contributed by atoms with van der Waals surface area (Å²) in [5, 5.41) is 1.21. The normalized spacial score (nSPS) is 14.5. The molecule has 0 atom stereocenters. The quantitative estimate of drug-likeness (QED) is 0.219. The third-order valence-electron chi connectivity index (χ3n) is 7.69. The molecule has 0 amide bonds. The van der Waals surface area contributed by atoms with Crippen molar-refractivity contribution in [1.82, 2.24) is 14.5 Å². The fraction of sp³-hybridized carbons (Fsp3) is 0.375. The number of hydrogen-bond acceptors (Lipinski definition) is 5. The second kappa shape index (κ2) is 13.1. The lowest BCUT2D eigenvalue weighted by molar-refractivity contribution is 0.178. The van der Waals surface area contributed by atoms with Gasteiger partial charge < -0.3 is 14.4 Å². The van der Waals surface area contributed by atoms with Crippen LogP contribution in [0.15, 0.2) is 77.6 Å². The van der Waals surface area contributed by atoms with E-state index in [2.05, 4.69) is 35.2 Å². The van der Waals surface area contributed by atoms with E-state index in [4.69, 9.17) is 26.1 Å². The van der Waals surface area contributed by atoms with Crippen LogP contribution in [0.25, 0.3) is 10.9 Å². The van der Waals surface area contributed by atoms with Gasteiger partial charge in [-0.2, -0.15) is 0 Å². The van der Waals surface area contributed by atoms with E-state index in [0.29, 0.717) is 45.7 Å². The van der Waals surface area contributed by atoms with E-state index in [-0.39, 0.29) is 12.2 Å². The molecule has 3 aromatic carbocycles. The van der Waals surface area contributed by atoms with Crippen LogP contribution in [0, 0.1) is 5.92 Å². The van der Waals surface area contributed by atoms with Crippen molar-refractivity contribution in [2.45, 2.75) is 45.3 Å². The molecule has 204 valence electrons. The highest BCUT2D eigenvalue weighted by atomic mass is 35.5. The van der Waals surface area contributed by atoms with Crippen molar-refractivity contribution in [2.75, 3.05) is 26.7 Å². The van der Waals surface area contributed by atoms with E-state index < -0.39 is 0 Å². The van der Waals surface area contributed by atoms with Crippen LogP contribution < -0.4 is 15.0 Å². The minimum Gasteiger partial charge on any atom is -0.494 e. The standard InChI is InChI=1S/C32H36ClN3O3/c1-38-29-11-5-10-28-31(29)34-30(23-39-27-14-12-26(33)13-15-27)36(32(28)37)19-6-9-25-17-21-35(22-18-25)20-16-24-7-3-2-4-8-24/h2-5,7-8,10-15,25H,6,9,16-23H2,1H3. The van der Waals surface area contributed by atoms with Crippen molar-refractivity contribution >= 4 is 22.5 Å². The highest BCUT2D eigenvalue weighted by molar-refractivity contribution is 6.30. The molecule has 1 aromatic heterocycles. The van der Waals surface area contributed by atoms with E-state index in [1.807, 2.05) is 30.3 Å². The third-order valence-corrected chi connectivity index (χ3v) is 7.94. The molecule has 1 fully saturated rings. The zero-order valence-electron chi connectivity index (χ0n) is 22.5. The molecule has 0 unspecified atom stereocenters. The lowest BCUT2D eigenvalue weighted by atomic mass is 9.92. The van der Waals surface area contributed by atoms with Crippen LogP contribution >= 0.6 is 11.6 Å². The molecule has 2 heterocycles. The first-order chi connectivity index (χ1) is 19.1. The van der Waals surface area contributed by atoms with Crippen molar-refractivity contribution in [3.63, 3.8) is 0 Å². The van der Waals surface area contributed by atoms with Gasteiger partial charge in [-0.05, 0) is 93.1 Å². The minimum atomic E-state index is -0.0515. The molecule has 1 aliphatic heterocycles. The number of halogens is 1. The Labute approximate surface area is 235 Å². The molecule has 0 N–H and O–H groups in total. The number of benzene rings is 3. The van der Waals surface area contributed by atoms with E-state index in [9.17, 15) is 4.79 Å². The van der Waals surface area contributed by atoms with Crippen LogP contribution in [0.2, 0.25) is 5.02 Å². The van der Waals surface area contributed by atoms with E-state index in [0.717, 1.165) is 38.9 Å². The molecular weight excluding hydrogens is 510 g/mol. The molecule has 0 bridgehead atoms. The van der Waals surface area contributed by atoms with Crippen LogP contribution in [-0.4, -0.2) is 41.2 Å². The zero-order valence-corrected chi connectivity index (χ0v) is 23.3. The summed E-state index contributed by atoms with van der Waals surface area (Å²) >= 11 is 6.01. The van der Waals surface area contributed by atoms with Gasteiger partial charge in [0.05, 0.1) is 12.5 Å². The van der Waals surface area contributed by atoms with E-state index >= 15 is 0 Å². The molecule has 7 heteroatoms. The lowest BCUT2D eigenvalue weighted by Gasteiger charge is -2.32. The molecule has 1 saturated heterocycles. The van der Waals surface area contributed by atoms with Gasteiger partial charge in [-0.1, -0.05) is 48.0 Å². The van der Waals surface area contributed by atoms with Crippen LogP contribution in [-0.2, 0) is 19.6 Å². The van der Waals surface area contributed by atoms with Gasteiger partial charge in [0, 0.05) is 18.1 Å². The molecule has 0 saturated carbocycles.